The summed E-state index contributed by atoms with van der Waals surface area (Å²) in [6, 6.07) is 3.01. The predicted octanol–water partition coefficient (Wildman–Crippen LogP) is -0.413. The molecule has 1 aromatic rings. The van der Waals surface area contributed by atoms with Crippen LogP contribution in [0, 0.1) is 0 Å². The highest BCUT2D eigenvalue weighted by molar-refractivity contribution is 7.99. The van der Waals surface area contributed by atoms with E-state index in [1.165, 1.54) is 24.9 Å². The number of aliphatic carboxylic acids is 2. The number of likely N-dealkylation sites (N-methyl/N-ethyl adjacent to an activating group) is 1. The largest absolute Gasteiger partial charge is 0.504 e. The van der Waals surface area contributed by atoms with Gasteiger partial charge >= 0.3 is 11.9 Å². The van der Waals surface area contributed by atoms with Gasteiger partial charge in [0, 0.05) is 12.3 Å². The quantitative estimate of drug-likeness (QED) is 0.231. The summed E-state index contributed by atoms with van der Waals surface area (Å²) in [4.78, 5) is 20.6. The molecule has 11 heteroatoms. The van der Waals surface area contributed by atoms with Crippen molar-refractivity contribution in [2.75, 3.05) is 32.2 Å². The zero-order valence-electron chi connectivity index (χ0n) is 15.9. The number of nitrogens with two attached hydrogens (primary N) is 2. The summed E-state index contributed by atoms with van der Waals surface area (Å²) >= 11 is 1.29. The van der Waals surface area contributed by atoms with Crippen molar-refractivity contribution in [3.63, 3.8) is 0 Å². The Morgan fingerprint density at radius 3 is 2.32 bits per heavy atom. The minimum Gasteiger partial charge on any atom is -0.504 e. The van der Waals surface area contributed by atoms with E-state index >= 15 is 0 Å². The van der Waals surface area contributed by atoms with Crippen LogP contribution in [0.5, 0.6) is 11.5 Å². The molecule has 0 amide bonds. The molecule has 1 rings (SSSR count). The smallest absolute Gasteiger partial charge is 0.321 e. The minimum absolute atomic E-state index is 0.0768. The van der Waals surface area contributed by atoms with Gasteiger partial charge in [0.2, 0.25) is 0 Å². The molecule has 0 aliphatic carbocycles. The Hall–Kier alpha value is -2.05. The highest BCUT2D eigenvalue weighted by atomic mass is 32.2. The lowest BCUT2D eigenvalue weighted by Crippen LogP contribution is -2.33. The number of carboxylic acid groups (broad SMARTS) is 2. The van der Waals surface area contributed by atoms with Gasteiger partial charge in [0.05, 0.1) is 13.2 Å². The molecular weight excluding hydrogens is 390 g/mol. The van der Waals surface area contributed by atoms with Crippen molar-refractivity contribution < 1.29 is 34.8 Å². The van der Waals surface area contributed by atoms with E-state index in [-0.39, 0.29) is 11.5 Å². The van der Waals surface area contributed by atoms with Gasteiger partial charge in [-0.1, -0.05) is 6.07 Å². The van der Waals surface area contributed by atoms with Gasteiger partial charge in [-0.3, -0.25) is 9.59 Å². The molecule has 3 atom stereocenters. The Morgan fingerprint density at radius 2 is 1.82 bits per heavy atom. The van der Waals surface area contributed by atoms with Crippen LogP contribution in [0.15, 0.2) is 18.2 Å². The van der Waals surface area contributed by atoms with Gasteiger partial charge in [0.1, 0.15) is 12.1 Å². The topological polar surface area (TPSA) is 188 Å². The maximum atomic E-state index is 10.3. The molecule has 0 heterocycles. The van der Waals surface area contributed by atoms with Gasteiger partial charge in [0.25, 0.3) is 0 Å². The Bertz CT molecular complexity index is 596. The van der Waals surface area contributed by atoms with E-state index in [9.17, 15) is 19.8 Å². The van der Waals surface area contributed by atoms with E-state index in [1.54, 1.807) is 19.2 Å². The van der Waals surface area contributed by atoms with E-state index < -0.39 is 30.1 Å². The number of nitrogens with one attached hydrogen (secondary N) is 1. The van der Waals surface area contributed by atoms with Gasteiger partial charge in [-0.05, 0) is 36.9 Å². The lowest BCUT2D eigenvalue weighted by molar-refractivity contribution is -0.139. The zero-order valence-corrected chi connectivity index (χ0v) is 16.7. The molecule has 0 radical (unpaired) electrons. The number of carbonyl (C=O) groups is 2. The summed E-state index contributed by atoms with van der Waals surface area (Å²) in [7, 11) is 3.24. The first-order valence-electron chi connectivity index (χ1n) is 8.38. The molecule has 0 saturated carbocycles. The number of hydrogen-bond acceptors (Lipinski definition) is 9. The van der Waals surface area contributed by atoms with Crippen molar-refractivity contribution in [3.8, 4) is 11.5 Å². The maximum Gasteiger partial charge on any atom is 0.321 e. The summed E-state index contributed by atoms with van der Waals surface area (Å²) in [6.07, 6.45) is -0.277. The number of hydrogen-bond donors (Lipinski definition) is 7. The molecule has 9 N–H and O–H groups in total. The fourth-order valence-corrected chi connectivity index (χ4v) is 2.81. The van der Waals surface area contributed by atoms with Crippen molar-refractivity contribution in [2.24, 2.45) is 11.5 Å². The second-order valence-corrected chi connectivity index (χ2v) is 6.91. The molecule has 10 nitrogen and oxygen atoms in total. The molecule has 160 valence electrons. The number of rotatable bonds is 11. The van der Waals surface area contributed by atoms with Crippen molar-refractivity contribution in [3.05, 3.63) is 23.8 Å². The Kier molecular flexibility index (Phi) is 13.0. The summed E-state index contributed by atoms with van der Waals surface area (Å²) in [6.45, 7) is 0.466. The van der Waals surface area contributed by atoms with Crippen molar-refractivity contribution in [2.45, 2.75) is 24.6 Å². The van der Waals surface area contributed by atoms with Crippen molar-refractivity contribution >= 4 is 23.7 Å². The number of aliphatic hydroxyl groups is 1. The lowest BCUT2D eigenvalue weighted by atomic mass is 10.1. The maximum absolute atomic E-state index is 10.3. The molecule has 28 heavy (non-hydrogen) atoms. The van der Waals surface area contributed by atoms with E-state index in [1.807, 2.05) is 0 Å². The van der Waals surface area contributed by atoms with Gasteiger partial charge in [-0.15, -0.1) is 0 Å². The van der Waals surface area contributed by atoms with E-state index in [0.29, 0.717) is 30.0 Å². The van der Waals surface area contributed by atoms with Gasteiger partial charge in [0.15, 0.2) is 11.5 Å². The van der Waals surface area contributed by atoms with Crippen LogP contribution in [-0.2, 0) is 9.59 Å². The van der Waals surface area contributed by atoms with Crippen molar-refractivity contribution in [1.29, 1.82) is 0 Å². The van der Waals surface area contributed by atoms with Gasteiger partial charge in [-0.25, -0.2) is 0 Å². The average Bonchev–Trinajstić information content (AvgIpc) is 2.65. The van der Waals surface area contributed by atoms with Crippen LogP contribution in [-0.4, -0.2) is 76.7 Å². The Labute approximate surface area is 167 Å². The van der Waals surface area contributed by atoms with Gasteiger partial charge in [-0.2, -0.15) is 11.8 Å². The number of thioether (sulfide) groups is 1. The van der Waals surface area contributed by atoms with Crippen LogP contribution in [0.25, 0.3) is 0 Å². The molecule has 3 unspecified atom stereocenters. The number of phenolic OH excluding ortho intramolecular Hbond substituents is 1. The second-order valence-electron chi connectivity index (χ2n) is 5.76. The Morgan fingerprint density at radius 1 is 1.21 bits per heavy atom. The Balaban J connectivity index is 0.000000521. The monoisotopic (exact) mass is 419 g/mol. The van der Waals surface area contributed by atoms with Crippen LogP contribution >= 0.6 is 11.8 Å². The molecule has 0 spiro atoms. The van der Waals surface area contributed by atoms with Crippen LogP contribution in [0.4, 0.5) is 0 Å². The third kappa shape index (κ3) is 10.3. The van der Waals surface area contributed by atoms with Crippen LogP contribution in [0.2, 0.25) is 0 Å². The summed E-state index contributed by atoms with van der Waals surface area (Å²) in [5.41, 5.74) is 11.2. The van der Waals surface area contributed by atoms with Gasteiger partial charge < -0.3 is 41.9 Å². The normalized spacial score (nSPS) is 13.6. The van der Waals surface area contributed by atoms with Crippen LogP contribution in [0.3, 0.4) is 0 Å². The average molecular weight is 420 g/mol. The van der Waals surface area contributed by atoms with Crippen molar-refractivity contribution in [1.82, 2.24) is 5.32 Å². The fraction of sp³-hybridized carbons (Fsp3) is 0.529. The molecular formula is C17H29N3O7S. The molecule has 0 aromatic heterocycles. The summed E-state index contributed by atoms with van der Waals surface area (Å²) < 4.78 is 4.93. The number of aliphatic hydroxyl groups excluding tert-OH is 1. The number of aromatic hydroxyl groups is 1. The standard InChI is InChI=1S/C10H15NO3.C7H14N2O4S/c1-11-6-9(13)7-3-4-8(12)10(5-7)14-2;8-4(6(10)11)1-2-14-3-5(9)7(12)13/h3-5,9,11-13H,6H2,1-2H3;4-5H,1-3,8-9H2,(H,10,11)(H,12,13). The SMILES string of the molecule is CNCC(O)c1ccc(O)c(OC)c1.NC(CCSCC(N)C(=O)O)C(=O)O. The first-order chi connectivity index (χ1) is 13.1. The third-order valence-electron chi connectivity index (χ3n) is 3.49. The number of ether oxygens (including phenoxy) is 1. The molecule has 1 aromatic carbocycles. The van der Waals surface area contributed by atoms with E-state index in [0.717, 1.165) is 0 Å². The molecule has 0 bridgehead atoms. The highest BCUT2D eigenvalue weighted by Crippen LogP contribution is 2.28. The minimum atomic E-state index is -1.06. The summed E-state index contributed by atoms with van der Waals surface area (Å²) in [5.74, 6) is -0.894. The second kappa shape index (κ2) is 14.0. The molecule has 0 aliphatic rings. The van der Waals surface area contributed by atoms with Crippen LogP contribution in [0.1, 0.15) is 18.1 Å². The van der Waals surface area contributed by atoms with Crippen LogP contribution < -0.4 is 21.5 Å². The highest BCUT2D eigenvalue weighted by Gasteiger charge is 2.13. The predicted molar refractivity (Wildman–Crippen MR) is 107 cm³/mol. The third-order valence-corrected chi connectivity index (χ3v) is 4.61. The fourth-order valence-electron chi connectivity index (χ4n) is 1.83. The van der Waals surface area contributed by atoms with E-state index in [2.05, 4.69) is 5.32 Å². The lowest BCUT2D eigenvalue weighted by Gasteiger charge is -2.12. The molecule has 0 fully saturated rings. The number of phenols is 1. The molecule has 0 saturated heterocycles. The number of methoxy groups -OCH3 is 1. The first-order valence-corrected chi connectivity index (χ1v) is 9.53. The number of carboxylic acids is 2. The summed E-state index contributed by atoms with van der Waals surface area (Å²) in [5, 5.41) is 38.7. The first kappa shape index (κ1) is 26.0. The number of benzene rings is 1. The van der Waals surface area contributed by atoms with E-state index in [4.69, 9.17) is 26.4 Å². The molecule has 0 aliphatic heterocycles. The zero-order chi connectivity index (χ0) is 21.7.